The van der Waals surface area contributed by atoms with Gasteiger partial charge in [0.25, 0.3) is 5.91 Å². The lowest BCUT2D eigenvalue weighted by molar-refractivity contribution is 0.0962. The first kappa shape index (κ1) is 21.2. The number of ether oxygens (including phenoxy) is 2. The van der Waals surface area contributed by atoms with Crippen LogP contribution in [-0.2, 0) is 9.47 Å². The summed E-state index contributed by atoms with van der Waals surface area (Å²) in [4.78, 5) is 31.6. The van der Waals surface area contributed by atoms with Gasteiger partial charge in [-0.3, -0.25) is 4.79 Å². The van der Waals surface area contributed by atoms with Crippen molar-refractivity contribution in [2.45, 2.75) is 31.5 Å². The number of carbonyl (C=O) groups excluding carboxylic acids is 1. The Morgan fingerprint density at radius 2 is 1.97 bits per heavy atom. The number of rotatable bonds is 4. The van der Waals surface area contributed by atoms with Gasteiger partial charge in [0.15, 0.2) is 5.65 Å². The summed E-state index contributed by atoms with van der Waals surface area (Å²) in [6, 6.07) is 12.1. The topological polar surface area (TPSA) is 92.7 Å². The normalized spacial score (nSPS) is 24.1. The van der Waals surface area contributed by atoms with E-state index in [1.54, 1.807) is 13.1 Å². The van der Waals surface area contributed by atoms with Crippen LogP contribution in [0.3, 0.4) is 0 Å². The van der Waals surface area contributed by atoms with Crippen molar-refractivity contribution in [3.8, 4) is 11.3 Å². The van der Waals surface area contributed by atoms with Crippen LogP contribution in [0.15, 0.2) is 36.4 Å². The molecule has 3 aliphatic rings. The average Bonchev–Trinajstić information content (AvgIpc) is 3.68. The van der Waals surface area contributed by atoms with Crippen LogP contribution in [0.5, 0.6) is 0 Å². The third kappa shape index (κ3) is 3.74. The smallest absolute Gasteiger partial charge is 0.251 e. The predicted molar refractivity (Wildman–Crippen MR) is 129 cm³/mol. The van der Waals surface area contributed by atoms with Crippen LogP contribution >= 0.6 is 0 Å². The zero-order valence-corrected chi connectivity index (χ0v) is 19.4. The van der Waals surface area contributed by atoms with E-state index < -0.39 is 0 Å². The molecule has 34 heavy (non-hydrogen) atoms. The maximum atomic E-state index is 12.1. The fourth-order valence-electron chi connectivity index (χ4n) is 4.88. The number of carbonyl (C=O) groups is 1. The standard InChI is InChI=1S/C25H28N6O3/c1-15-14-33-10-8-30(15)23-18-6-7-19(16-4-3-5-17(12-16)24(32)26-2)27-22(18)28-25(29-23)31-9-11-34-21-13-20(21)31/h3-7,12,15,20-21H,8-11,13-14H2,1-2H3,(H,26,32)/t15-,20-,21?/m0/s1. The first-order valence-corrected chi connectivity index (χ1v) is 11.9. The molecular weight excluding hydrogens is 432 g/mol. The molecule has 2 aliphatic heterocycles. The molecule has 0 radical (unpaired) electrons. The molecule has 2 aromatic heterocycles. The molecule has 176 valence electrons. The van der Waals surface area contributed by atoms with E-state index in [9.17, 15) is 4.79 Å². The van der Waals surface area contributed by atoms with Gasteiger partial charge in [-0.2, -0.15) is 9.97 Å². The summed E-state index contributed by atoms with van der Waals surface area (Å²) in [5.74, 6) is 1.49. The molecule has 4 heterocycles. The van der Waals surface area contributed by atoms with E-state index in [0.717, 1.165) is 42.0 Å². The summed E-state index contributed by atoms with van der Waals surface area (Å²) in [6.07, 6.45) is 1.30. The number of benzene rings is 1. The van der Waals surface area contributed by atoms with Crippen LogP contribution in [0.4, 0.5) is 11.8 Å². The first-order valence-electron chi connectivity index (χ1n) is 11.9. The quantitative estimate of drug-likeness (QED) is 0.634. The van der Waals surface area contributed by atoms with Gasteiger partial charge in [-0.15, -0.1) is 0 Å². The lowest BCUT2D eigenvalue weighted by atomic mass is 10.1. The molecule has 3 atom stereocenters. The third-order valence-electron chi connectivity index (χ3n) is 6.84. The summed E-state index contributed by atoms with van der Waals surface area (Å²) in [5.41, 5.74) is 2.90. The molecule has 2 saturated heterocycles. The number of morpholine rings is 2. The fraction of sp³-hybridized carbons (Fsp3) is 0.440. The molecule has 3 fully saturated rings. The Kier molecular flexibility index (Phi) is 5.30. The second-order valence-electron chi connectivity index (χ2n) is 9.10. The van der Waals surface area contributed by atoms with Gasteiger partial charge < -0.3 is 24.6 Å². The van der Waals surface area contributed by atoms with E-state index in [-0.39, 0.29) is 18.1 Å². The lowest BCUT2D eigenvalue weighted by Crippen LogP contribution is -2.44. The second-order valence-corrected chi connectivity index (χ2v) is 9.10. The minimum absolute atomic E-state index is 0.123. The van der Waals surface area contributed by atoms with E-state index in [2.05, 4.69) is 22.0 Å². The van der Waals surface area contributed by atoms with Crippen LogP contribution in [0, 0.1) is 0 Å². The van der Waals surface area contributed by atoms with Crippen LogP contribution in [0.2, 0.25) is 0 Å². The first-order chi connectivity index (χ1) is 16.6. The molecule has 1 saturated carbocycles. The van der Waals surface area contributed by atoms with Crippen LogP contribution in [-0.4, -0.2) is 79.0 Å². The molecule has 1 aromatic carbocycles. The van der Waals surface area contributed by atoms with Gasteiger partial charge in [0.1, 0.15) is 5.82 Å². The van der Waals surface area contributed by atoms with Crippen molar-refractivity contribution in [3.05, 3.63) is 42.0 Å². The summed E-state index contributed by atoms with van der Waals surface area (Å²) >= 11 is 0. The summed E-state index contributed by atoms with van der Waals surface area (Å²) in [7, 11) is 1.63. The van der Waals surface area contributed by atoms with Gasteiger partial charge in [0.2, 0.25) is 5.95 Å². The Bertz CT molecular complexity index is 1250. The number of hydrogen-bond donors (Lipinski definition) is 1. The van der Waals surface area contributed by atoms with Crippen LogP contribution in [0.1, 0.15) is 23.7 Å². The van der Waals surface area contributed by atoms with E-state index in [0.29, 0.717) is 43.0 Å². The van der Waals surface area contributed by atoms with Gasteiger partial charge in [0, 0.05) is 31.3 Å². The molecule has 6 rings (SSSR count). The molecule has 9 heteroatoms. The van der Waals surface area contributed by atoms with Crippen molar-refractivity contribution in [1.29, 1.82) is 0 Å². The van der Waals surface area contributed by atoms with Crippen LogP contribution < -0.4 is 15.1 Å². The van der Waals surface area contributed by atoms with E-state index in [1.807, 2.05) is 30.3 Å². The van der Waals surface area contributed by atoms with E-state index in [4.69, 9.17) is 24.4 Å². The number of fused-ring (bicyclic) bond motifs is 2. The molecule has 1 N–H and O–H groups in total. The predicted octanol–water partition coefficient (Wildman–Crippen LogP) is 2.25. The fourth-order valence-corrected chi connectivity index (χ4v) is 4.88. The molecular formula is C25H28N6O3. The highest BCUT2D eigenvalue weighted by Crippen LogP contribution is 2.38. The lowest BCUT2D eigenvalue weighted by Gasteiger charge is -2.35. The average molecular weight is 461 g/mol. The Hall–Kier alpha value is -3.30. The number of hydrogen-bond acceptors (Lipinski definition) is 8. The molecule has 9 nitrogen and oxygen atoms in total. The van der Waals surface area contributed by atoms with Gasteiger partial charge in [-0.25, -0.2) is 4.98 Å². The van der Waals surface area contributed by atoms with Crippen molar-refractivity contribution < 1.29 is 14.3 Å². The van der Waals surface area contributed by atoms with Crippen molar-refractivity contribution in [1.82, 2.24) is 20.3 Å². The highest BCUT2D eigenvalue weighted by molar-refractivity contribution is 5.95. The molecule has 3 aromatic rings. The van der Waals surface area contributed by atoms with Gasteiger partial charge in [-0.05, 0) is 37.6 Å². The second kappa shape index (κ2) is 8.48. The Balaban J connectivity index is 1.46. The highest BCUT2D eigenvalue weighted by atomic mass is 16.5. The maximum absolute atomic E-state index is 12.1. The number of nitrogens with one attached hydrogen (secondary N) is 1. The Morgan fingerprint density at radius 3 is 2.82 bits per heavy atom. The zero-order valence-electron chi connectivity index (χ0n) is 19.4. The molecule has 1 unspecified atom stereocenters. The number of anilines is 2. The number of nitrogens with zero attached hydrogens (tertiary/aromatic N) is 5. The zero-order chi connectivity index (χ0) is 23.2. The SMILES string of the molecule is CNC(=O)c1cccc(-c2ccc3c(N4CCOC[C@@H]4C)nc(N4CCOC5C[C@@H]54)nc3n2)c1. The molecule has 0 bridgehead atoms. The number of pyridine rings is 1. The van der Waals surface area contributed by atoms with Gasteiger partial charge >= 0.3 is 0 Å². The third-order valence-corrected chi connectivity index (χ3v) is 6.84. The van der Waals surface area contributed by atoms with Crippen molar-refractivity contribution in [2.75, 3.05) is 49.8 Å². The van der Waals surface area contributed by atoms with Crippen molar-refractivity contribution in [3.63, 3.8) is 0 Å². The monoisotopic (exact) mass is 460 g/mol. The molecule has 0 spiro atoms. The van der Waals surface area contributed by atoms with Gasteiger partial charge in [-0.1, -0.05) is 12.1 Å². The minimum atomic E-state index is -0.123. The van der Waals surface area contributed by atoms with Crippen molar-refractivity contribution >= 4 is 28.7 Å². The van der Waals surface area contributed by atoms with Crippen LogP contribution in [0.25, 0.3) is 22.3 Å². The summed E-state index contributed by atoms with van der Waals surface area (Å²) < 4.78 is 11.5. The number of aromatic nitrogens is 3. The highest BCUT2D eigenvalue weighted by Gasteiger charge is 2.47. The Morgan fingerprint density at radius 1 is 1.09 bits per heavy atom. The largest absolute Gasteiger partial charge is 0.377 e. The van der Waals surface area contributed by atoms with E-state index >= 15 is 0 Å². The maximum Gasteiger partial charge on any atom is 0.251 e. The minimum Gasteiger partial charge on any atom is -0.377 e. The summed E-state index contributed by atoms with van der Waals surface area (Å²) in [6.45, 7) is 5.73. The number of amides is 1. The van der Waals surface area contributed by atoms with Gasteiger partial charge in [0.05, 0.1) is 49.1 Å². The van der Waals surface area contributed by atoms with E-state index in [1.165, 1.54) is 0 Å². The van der Waals surface area contributed by atoms with Crippen molar-refractivity contribution in [2.24, 2.45) is 0 Å². The summed E-state index contributed by atoms with van der Waals surface area (Å²) in [5, 5.41) is 3.60. The Labute approximate surface area is 198 Å². The molecule has 1 amide bonds. The molecule has 1 aliphatic carbocycles.